The lowest BCUT2D eigenvalue weighted by atomic mass is 10.2. The number of rotatable bonds is 5. The zero-order valence-electron chi connectivity index (χ0n) is 14.0. The van der Waals surface area contributed by atoms with Gasteiger partial charge >= 0.3 is 0 Å². The smallest absolute Gasteiger partial charge is 0.275 e. The molecule has 142 valence electrons. The number of amides is 1. The second-order valence-corrected chi connectivity index (χ2v) is 6.50. The van der Waals surface area contributed by atoms with Crippen molar-refractivity contribution in [2.24, 2.45) is 0 Å². The Balaban J connectivity index is 1.47. The fourth-order valence-corrected chi connectivity index (χ4v) is 3.17. The van der Waals surface area contributed by atoms with E-state index in [-0.39, 0.29) is 29.6 Å². The Bertz CT molecular complexity index is 1080. The van der Waals surface area contributed by atoms with Crippen LogP contribution in [0.1, 0.15) is 10.5 Å². The molecule has 0 radical (unpaired) electrons. The van der Waals surface area contributed by atoms with Crippen molar-refractivity contribution in [3.05, 3.63) is 57.6 Å². The van der Waals surface area contributed by atoms with E-state index in [2.05, 4.69) is 15.6 Å². The molecule has 0 bridgehead atoms. The van der Waals surface area contributed by atoms with Crippen molar-refractivity contribution >= 4 is 39.4 Å². The maximum atomic E-state index is 12.4. The van der Waals surface area contributed by atoms with Crippen LogP contribution in [0.25, 0.3) is 0 Å². The van der Waals surface area contributed by atoms with Gasteiger partial charge in [0.25, 0.3) is 11.6 Å². The van der Waals surface area contributed by atoms with Gasteiger partial charge in [-0.2, -0.15) is 0 Å². The number of carbonyl (C=O) groups is 1. The first kappa shape index (κ1) is 17.5. The highest BCUT2D eigenvalue weighted by Gasteiger charge is 2.17. The van der Waals surface area contributed by atoms with Gasteiger partial charge in [0.15, 0.2) is 16.6 Å². The van der Waals surface area contributed by atoms with Crippen molar-refractivity contribution in [3.8, 4) is 17.2 Å². The van der Waals surface area contributed by atoms with E-state index in [9.17, 15) is 20.0 Å². The zero-order chi connectivity index (χ0) is 19.7. The average molecular weight is 400 g/mol. The topological polar surface area (TPSA) is 136 Å². The van der Waals surface area contributed by atoms with Gasteiger partial charge in [0.05, 0.1) is 10.6 Å². The molecule has 2 aromatic carbocycles. The summed E-state index contributed by atoms with van der Waals surface area (Å²) in [5, 5.41) is 28.1. The molecule has 3 N–H and O–H groups in total. The third-order valence-corrected chi connectivity index (χ3v) is 4.56. The Morgan fingerprint density at radius 2 is 2.04 bits per heavy atom. The van der Waals surface area contributed by atoms with Crippen molar-refractivity contribution in [1.82, 2.24) is 4.98 Å². The number of non-ortho nitro benzene ring substituents is 1. The predicted octanol–water partition coefficient (Wildman–Crippen LogP) is 3.48. The number of ether oxygens (including phenoxy) is 2. The van der Waals surface area contributed by atoms with Crippen LogP contribution < -0.4 is 20.1 Å². The van der Waals surface area contributed by atoms with E-state index in [1.807, 2.05) is 0 Å². The Labute approximate surface area is 161 Å². The molecular formula is C17H12N4O6S. The van der Waals surface area contributed by atoms with E-state index < -0.39 is 10.8 Å². The Kier molecular flexibility index (Phi) is 4.41. The van der Waals surface area contributed by atoms with Crippen LogP contribution in [0.2, 0.25) is 0 Å². The number of hydrogen-bond acceptors (Lipinski definition) is 9. The van der Waals surface area contributed by atoms with E-state index in [4.69, 9.17) is 9.47 Å². The van der Waals surface area contributed by atoms with Gasteiger partial charge in [0, 0.05) is 29.3 Å². The molecule has 0 saturated heterocycles. The number of anilines is 3. The number of nitrogens with one attached hydrogen (secondary N) is 2. The van der Waals surface area contributed by atoms with Gasteiger partial charge in [0.1, 0.15) is 11.4 Å². The second-order valence-electron chi connectivity index (χ2n) is 5.64. The number of thiazole rings is 1. The molecule has 1 amide bonds. The van der Waals surface area contributed by atoms with Crippen LogP contribution in [0.4, 0.5) is 22.2 Å². The summed E-state index contributed by atoms with van der Waals surface area (Å²) < 4.78 is 10.6. The fourth-order valence-electron chi connectivity index (χ4n) is 2.46. The molecule has 1 aliphatic heterocycles. The molecule has 4 rings (SSSR count). The summed E-state index contributed by atoms with van der Waals surface area (Å²) >= 11 is 1.20. The molecule has 1 aliphatic rings. The molecule has 3 aromatic rings. The molecule has 1 aromatic heterocycles. The summed E-state index contributed by atoms with van der Waals surface area (Å²) in [4.78, 5) is 26.8. The first-order valence-corrected chi connectivity index (χ1v) is 8.78. The third kappa shape index (κ3) is 3.50. The molecular weight excluding hydrogens is 388 g/mol. The highest BCUT2D eigenvalue weighted by molar-refractivity contribution is 7.14. The number of hydrogen-bond donors (Lipinski definition) is 3. The van der Waals surface area contributed by atoms with Crippen molar-refractivity contribution < 1.29 is 24.3 Å². The first-order chi connectivity index (χ1) is 13.5. The average Bonchev–Trinajstić information content (AvgIpc) is 3.32. The van der Waals surface area contributed by atoms with Crippen LogP contribution in [0, 0.1) is 10.1 Å². The number of nitro benzene ring substituents is 1. The van der Waals surface area contributed by atoms with E-state index >= 15 is 0 Å². The number of benzene rings is 2. The molecule has 0 fully saturated rings. The van der Waals surface area contributed by atoms with Crippen LogP contribution in [0.5, 0.6) is 17.2 Å². The fraction of sp³-hybridized carbons (Fsp3) is 0.0588. The number of nitro groups is 1. The summed E-state index contributed by atoms with van der Waals surface area (Å²) in [7, 11) is 0. The normalized spacial score (nSPS) is 11.9. The highest BCUT2D eigenvalue weighted by atomic mass is 32.1. The number of nitrogens with zero attached hydrogens (tertiary/aromatic N) is 2. The molecule has 2 heterocycles. The lowest BCUT2D eigenvalue weighted by Gasteiger charge is -2.06. The SMILES string of the molecule is O=C(Nc1cc([N+](=O)[O-])ccc1O)c1csc(Nc2ccc3c(c2)OCO3)n1. The molecule has 10 nitrogen and oxygen atoms in total. The van der Waals surface area contributed by atoms with E-state index in [1.165, 1.54) is 16.7 Å². The van der Waals surface area contributed by atoms with E-state index in [0.29, 0.717) is 22.3 Å². The van der Waals surface area contributed by atoms with Crippen molar-refractivity contribution in [2.75, 3.05) is 17.4 Å². The molecule has 11 heteroatoms. The Hall–Kier alpha value is -3.86. The number of carbonyl (C=O) groups excluding carboxylic acids is 1. The Morgan fingerprint density at radius 3 is 2.86 bits per heavy atom. The lowest BCUT2D eigenvalue weighted by molar-refractivity contribution is -0.384. The van der Waals surface area contributed by atoms with Gasteiger partial charge in [-0.25, -0.2) is 4.98 Å². The summed E-state index contributed by atoms with van der Waals surface area (Å²) in [5.74, 6) is 0.376. The minimum atomic E-state index is -0.620. The van der Waals surface area contributed by atoms with E-state index in [1.54, 1.807) is 18.2 Å². The number of phenols is 1. The van der Waals surface area contributed by atoms with Gasteiger partial charge in [-0.05, 0) is 18.2 Å². The summed E-state index contributed by atoms with van der Waals surface area (Å²) in [6, 6.07) is 8.66. The monoisotopic (exact) mass is 400 g/mol. The van der Waals surface area contributed by atoms with Crippen molar-refractivity contribution in [3.63, 3.8) is 0 Å². The predicted molar refractivity (Wildman–Crippen MR) is 101 cm³/mol. The number of fused-ring (bicyclic) bond motifs is 1. The summed E-state index contributed by atoms with van der Waals surface area (Å²) in [5.41, 5.74) is 0.482. The molecule has 0 spiro atoms. The van der Waals surface area contributed by atoms with Crippen molar-refractivity contribution in [1.29, 1.82) is 0 Å². The minimum absolute atomic E-state index is 0.0718. The number of aromatic nitrogens is 1. The van der Waals surface area contributed by atoms with Gasteiger partial charge in [-0.15, -0.1) is 11.3 Å². The van der Waals surface area contributed by atoms with Gasteiger partial charge in [0.2, 0.25) is 6.79 Å². The molecule has 0 atom stereocenters. The standard InChI is InChI=1S/C17H12N4O6S/c22-13-3-2-10(21(24)25)6-11(13)19-16(23)12-7-28-17(20-12)18-9-1-4-14-15(5-9)27-8-26-14/h1-7,22H,8H2,(H,18,20)(H,19,23). The Morgan fingerprint density at radius 1 is 1.21 bits per heavy atom. The van der Waals surface area contributed by atoms with E-state index in [0.717, 1.165) is 18.2 Å². The first-order valence-electron chi connectivity index (χ1n) is 7.90. The van der Waals surface area contributed by atoms with Gasteiger partial charge in [-0.3, -0.25) is 14.9 Å². The second kappa shape index (κ2) is 7.04. The molecule has 0 unspecified atom stereocenters. The number of phenolic OH excluding ortho intramolecular Hbond substituents is 1. The van der Waals surface area contributed by atoms with Crippen LogP contribution in [-0.2, 0) is 0 Å². The molecule has 0 saturated carbocycles. The maximum Gasteiger partial charge on any atom is 0.275 e. The quantitative estimate of drug-likeness (QED) is 0.336. The zero-order valence-corrected chi connectivity index (χ0v) is 14.9. The molecule has 28 heavy (non-hydrogen) atoms. The van der Waals surface area contributed by atoms with Gasteiger partial charge in [-0.1, -0.05) is 0 Å². The van der Waals surface area contributed by atoms with Crippen LogP contribution >= 0.6 is 11.3 Å². The summed E-state index contributed by atoms with van der Waals surface area (Å²) in [6.07, 6.45) is 0. The molecule has 0 aliphatic carbocycles. The largest absolute Gasteiger partial charge is 0.506 e. The highest BCUT2D eigenvalue weighted by Crippen LogP contribution is 2.35. The van der Waals surface area contributed by atoms with Crippen LogP contribution in [0.15, 0.2) is 41.8 Å². The minimum Gasteiger partial charge on any atom is -0.506 e. The summed E-state index contributed by atoms with van der Waals surface area (Å²) in [6.45, 7) is 0.171. The third-order valence-electron chi connectivity index (χ3n) is 3.80. The van der Waals surface area contributed by atoms with Gasteiger partial charge < -0.3 is 25.2 Å². The van der Waals surface area contributed by atoms with Crippen LogP contribution in [-0.4, -0.2) is 27.7 Å². The van der Waals surface area contributed by atoms with Crippen LogP contribution in [0.3, 0.4) is 0 Å². The lowest BCUT2D eigenvalue weighted by Crippen LogP contribution is -2.12. The van der Waals surface area contributed by atoms with Crippen molar-refractivity contribution in [2.45, 2.75) is 0 Å². The maximum absolute atomic E-state index is 12.4. The number of aromatic hydroxyl groups is 1.